The summed E-state index contributed by atoms with van der Waals surface area (Å²) in [5, 5.41) is 14.9. The minimum Gasteiger partial charge on any atom is -0.392 e. The highest BCUT2D eigenvalue weighted by Gasteiger charge is 2.24. The van der Waals surface area contributed by atoms with Gasteiger partial charge in [-0.1, -0.05) is 49.1 Å². The molecule has 0 amide bonds. The van der Waals surface area contributed by atoms with E-state index in [1.165, 1.54) is 0 Å². The van der Waals surface area contributed by atoms with Gasteiger partial charge in [0, 0.05) is 15.6 Å². The number of hydrogen-bond acceptors (Lipinski definition) is 4. The second-order valence-electron chi connectivity index (χ2n) is 5.76. The fraction of sp³-hybridized carbons (Fsp3) is 0.429. The number of benzene rings is 1. The molecule has 0 aliphatic carbocycles. The largest absolute Gasteiger partial charge is 0.392 e. The highest BCUT2D eigenvalue weighted by Crippen LogP contribution is 2.26. The molecule has 1 atom stereocenters. The summed E-state index contributed by atoms with van der Waals surface area (Å²) in [5.74, 6) is 0.795. The zero-order chi connectivity index (χ0) is 14.9. The lowest BCUT2D eigenvalue weighted by atomic mass is 9.87. The summed E-state index contributed by atoms with van der Waals surface area (Å²) >= 11 is 11.9. The molecule has 0 saturated carbocycles. The monoisotopic (exact) mass is 314 g/mol. The van der Waals surface area contributed by atoms with E-state index in [2.05, 4.69) is 10.1 Å². The highest BCUT2D eigenvalue weighted by atomic mass is 35.5. The van der Waals surface area contributed by atoms with Gasteiger partial charge < -0.3 is 9.63 Å². The molecule has 4 nitrogen and oxygen atoms in total. The summed E-state index contributed by atoms with van der Waals surface area (Å²) in [5.41, 5.74) is 0.441. The van der Waals surface area contributed by atoms with Gasteiger partial charge in [0.2, 0.25) is 11.7 Å². The molecule has 0 spiro atoms. The molecular weight excluding hydrogens is 299 g/mol. The van der Waals surface area contributed by atoms with Gasteiger partial charge in [0.1, 0.15) is 0 Å². The van der Waals surface area contributed by atoms with Gasteiger partial charge in [-0.3, -0.25) is 0 Å². The Kier molecular flexibility index (Phi) is 4.37. The van der Waals surface area contributed by atoms with Crippen LogP contribution in [0.2, 0.25) is 10.0 Å². The smallest absolute Gasteiger partial charge is 0.229 e. The van der Waals surface area contributed by atoms with Crippen LogP contribution in [0.3, 0.4) is 0 Å². The van der Waals surface area contributed by atoms with Crippen molar-refractivity contribution in [2.75, 3.05) is 0 Å². The molecule has 0 aliphatic rings. The molecule has 0 bridgehead atoms. The van der Waals surface area contributed by atoms with Crippen LogP contribution in [0.25, 0.3) is 11.4 Å². The van der Waals surface area contributed by atoms with Crippen LogP contribution in [0.5, 0.6) is 0 Å². The minimum absolute atomic E-state index is 0.242. The van der Waals surface area contributed by atoms with E-state index in [0.29, 0.717) is 33.7 Å². The van der Waals surface area contributed by atoms with Crippen molar-refractivity contribution in [2.24, 2.45) is 5.41 Å². The normalized spacial score (nSPS) is 13.5. The molecule has 0 saturated heterocycles. The van der Waals surface area contributed by atoms with Crippen LogP contribution in [-0.2, 0) is 6.42 Å². The summed E-state index contributed by atoms with van der Waals surface area (Å²) in [6, 6.07) is 5.06. The number of hydrogen-bond donors (Lipinski definition) is 1. The fourth-order valence-corrected chi connectivity index (χ4v) is 2.14. The van der Waals surface area contributed by atoms with E-state index in [4.69, 9.17) is 27.7 Å². The van der Waals surface area contributed by atoms with Crippen molar-refractivity contribution in [2.45, 2.75) is 33.3 Å². The third kappa shape index (κ3) is 3.72. The van der Waals surface area contributed by atoms with E-state index in [-0.39, 0.29) is 5.41 Å². The zero-order valence-electron chi connectivity index (χ0n) is 11.5. The first-order valence-corrected chi connectivity index (χ1v) is 6.98. The molecule has 1 N–H and O–H groups in total. The Hall–Kier alpha value is -1.10. The lowest BCUT2D eigenvalue weighted by Gasteiger charge is -2.24. The molecule has 2 rings (SSSR count). The summed E-state index contributed by atoms with van der Waals surface area (Å²) in [4.78, 5) is 4.26. The Labute approximate surface area is 127 Å². The SMILES string of the molecule is CC(C)(C)C(O)Cc1nc(-c2cc(Cl)cc(Cl)c2)no1. The van der Waals surface area contributed by atoms with E-state index >= 15 is 0 Å². The van der Waals surface area contributed by atoms with E-state index in [1.807, 2.05) is 20.8 Å². The van der Waals surface area contributed by atoms with Crippen molar-refractivity contribution in [3.63, 3.8) is 0 Å². The van der Waals surface area contributed by atoms with Gasteiger partial charge in [-0.25, -0.2) is 0 Å². The topological polar surface area (TPSA) is 59.2 Å². The number of nitrogens with zero attached hydrogens (tertiary/aromatic N) is 2. The van der Waals surface area contributed by atoms with E-state index in [0.717, 1.165) is 0 Å². The van der Waals surface area contributed by atoms with E-state index < -0.39 is 6.10 Å². The van der Waals surface area contributed by atoms with Crippen LogP contribution in [0.15, 0.2) is 22.7 Å². The lowest BCUT2D eigenvalue weighted by molar-refractivity contribution is 0.0565. The van der Waals surface area contributed by atoms with Crippen molar-refractivity contribution in [3.05, 3.63) is 34.1 Å². The third-order valence-electron chi connectivity index (χ3n) is 2.96. The summed E-state index contributed by atoms with van der Waals surface area (Å²) in [7, 11) is 0. The standard InChI is InChI=1S/C14H16Cl2N2O2/c1-14(2,3)11(19)7-12-17-13(18-20-12)8-4-9(15)6-10(16)5-8/h4-6,11,19H,7H2,1-3H3. The molecule has 1 heterocycles. The molecule has 0 fully saturated rings. The molecule has 1 unspecified atom stereocenters. The van der Waals surface area contributed by atoms with E-state index in [1.54, 1.807) is 18.2 Å². The molecule has 0 radical (unpaired) electrons. The highest BCUT2D eigenvalue weighted by molar-refractivity contribution is 6.35. The predicted octanol–water partition coefficient (Wildman–Crippen LogP) is 3.99. The molecule has 20 heavy (non-hydrogen) atoms. The van der Waals surface area contributed by atoms with Gasteiger partial charge in [-0.15, -0.1) is 0 Å². The van der Waals surface area contributed by atoms with Crippen LogP contribution >= 0.6 is 23.2 Å². The number of halogens is 2. The minimum atomic E-state index is -0.557. The molecule has 0 aliphatic heterocycles. The zero-order valence-corrected chi connectivity index (χ0v) is 13.0. The van der Waals surface area contributed by atoms with Crippen LogP contribution in [0.1, 0.15) is 26.7 Å². The van der Waals surface area contributed by atoms with Crippen LogP contribution < -0.4 is 0 Å². The Morgan fingerprint density at radius 2 is 1.80 bits per heavy atom. The summed E-state index contributed by atoms with van der Waals surface area (Å²) in [6.07, 6.45) is -0.246. The van der Waals surface area contributed by atoms with Crippen molar-refractivity contribution in [1.82, 2.24) is 10.1 Å². The maximum atomic E-state index is 10.0. The average Bonchev–Trinajstić information content (AvgIpc) is 2.75. The Balaban J connectivity index is 2.21. The Morgan fingerprint density at radius 1 is 1.20 bits per heavy atom. The first-order chi connectivity index (χ1) is 9.25. The van der Waals surface area contributed by atoms with Gasteiger partial charge in [0.15, 0.2) is 0 Å². The molecule has 108 valence electrons. The first-order valence-electron chi connectivity index (χ1n) is 6.23. The number of aromatic nitrogens is 2. The maximum absolute atomic E-state index is 10.0. The number of aliphatic hydroxyl groups excluding tert-OH is 1. The molecule has 1 aromatic heterocycles. The summed E-state index contributed by atoms with van der Waals surface area (Å²) in [6.45, 7) is 5.85. The number of rotatable bonds is 3. The quantitative estimate of drug-likeness (QED) is 0.930. The van der Waals surface area contributed by atoms with Gasteiger partial charge in [0.25, 0.3) is 0 Å². The third-order valence-corrected chi connectivity index (χ3v) is 3.39. The number of aliphatic hydroxyl groups is 1. The molecule has 2 aromatic rings. The summed E-state index contributed by atoms with van der Waals surface area (Å²) < 4.78 is 5.16. The van der Waals surface area contributed by atoms with E-state index in [9.17, 15) is 5.11 Å². The molecule has 1 aromatic carbocycles. The van der Waals surface area contributed by atoms with Crippen LogP contribution in [-0.4, -0.2) is 21.4 Å². The Morgan fingerprint density at radius 3 is 2.35 bits per heavy atom. The van der Waals surface area contributed by atoms with Crippen molar-refractivity contribution < 1.29 is 9.63 Å². The molecule has 6 heteroatoms. The van der Waals surface area contributed by atoms with Gasteiger partial charge in [0.05, 0.1) is 12.5 Å². The van der Waals surface area contributed by atoms with Crippen molar-refractivity contribution >= 4 is 23.2 Å². The van der Waals surface area contributed by atoms with Crippen molar-refractivity contribution in [3.8, 4) is 11.4 Å². The fourth-order valence-electron chi connectivity index (χ4n) is 1.61. The molecular formula is C14H16Cl2N2O2. The van der Waals surface area contributed by atoms with Crippen molar-refractivity contribution in [1.29, 1.82) is 0 Å². The van der Waals surface area contributed by atoms with Gasteiger partial charge in [-0.2, -0.15) is 4.98 Å². The lowest BCUT2D eigenvalue weighted by Crippen LogP contribution is -2.28. The Bertz CT molecular complexity index is 585. The average molecular weight is 315 g/mol. The predicted molar refractivity (Wildman–Crippen MR) is 78.9 cm³/mol. The van der Waals surface area contributed by atoms with Crippen LogP contribution in [0, 0.1) is 5.41 Å². The maximum Gasteiger partial charge on any atom is 0.229 e. The van der Waals surface area contributed by atoms with Crippen LogP contribution in [0.4, 0.5) is 0 Å². The van der Waals surface area contributed by atoms with Gasteiger partial charge >= 0.3 is 0 Å². The first kappa shape index (κ1) is 15.3. The van der Waals surface area contributed by atoms with Gasteiger partial charge in [-0.05, 0) is 23.6 Å². The second-order valence-corrected chi connectivity index (χ2v) is 6.63. The second kappa shape index (κ2) is 5.72.